The number of carbonyl (C=O) groups is 1. The van der Waals surface area contributed by atoms with Gasteiger partial charge in [0.1, 0.15) is 0 Å². The third kappa shape index (κ3) is 7.78. The summed E-state index contributed by atoms with van der Waals surface area (Å²) in [7, 11) is 0. The first-order valence-corrected chi connectivity index (χ1v) is 13.1. The van der Waals surface area contributed by atoms with Gasteiger partial charge in [0, 0.05) is 36.9 Å². The van der Waals surface area contributed by atoms with Crippen LogP contribution >= 0.6 is 23.5 Å². The number of piperidine rings is 1. The largest absolute Gasteiger partial charge is 0.355 e. The predicted molar refractivity (Wildman–Crippen MR) is 126 cm³/mol. The number of thioether (sulfide) groups is 2. The van der Waals surface area contributed by atoms with Crippen molar-refractivity contribution in [1.82, 2.24) is 10.2 Å². The molecular weight excluding hydrogens is 418 g/mol. The van der Waals surface area contributed by atoms with Gasteiger partial charge in [-0.1, -0.05) is 25.0 Å². The summed E-state index contributed by atoms with van der Waals surface area (Å²) in [5.74, 6) is 1.26. The Balaban J connectivity index is 1.30. The van der Waals surface area contributed by atoms with Crippen LogP contribution in [0, 0.1) is 10.1 Å². The second-order valence-corrected chi connectivity index (χ2v) is 11.0. The molecular formula is C22H33N3O3S2. The molecule has 1 N–H and O–H groups in total. The predicted octanol–water partition coefficient (Wildman–Crippen LogP) is 4.99. The summed E-state index contributed by atoms with van der Waals surface area (Å²) in [6, 6.07) is 7.04. The van der Waals surface area contributed by atoms with Crippen molar-refractivity contribution in [3.8, 4) is 0 Å². The number of benzene rings is 1. The fraction of sp³-hybridized carbons (Fsp3) is 0.682. The van der Waals surface area contributed by atoms with Crippen LogP contribution < -0.4 is 5.32 Å². The summed E-state index contributed by atoms with van der Waals surface area (Å²) < 4.78 is 0.265. The number of rotatable bonds is 10. The summed E-state index contributed by atoms with van der Waals surface area (Å²) in [5.41, 5.74) is 1.21. The third-order valence-electron chi connectivity index (χ3n) is 5.76. The van der Waals surface area contributed by atoms with Crippen molar-refractivity contribution in [2.45, 2.75) is 61.2 Å². The van der Waals surface area contributed by atoms with E-state index in [4.69, 9.17) is 0 Å². The topological polar surface area (TPSA) is 75.5 Å². The molecule has 2 heterocycles. The number of nitro groups is 1. The minimum absolute atomic E-state index is 0.169. The first kappa shape index (κ1) is 23.4. The van der Waals surface area contributed by atoms with Gasteiger partial charge in [-0.05, 0) is 56.5 Å². The van der Waals surface area contributed by atoms with E-state index in [2.05, 4.69) is 10.2 Å². The summed E-state index contributed by atoms with van der Waals surface area (Å²) in [6.07, 6.45) is 8.79. The lowest BCUT2D eigenvalue weighted by Gasteiger charge is -2.28. The SMILES string of the molecule is O=C(CCCCC1CCSC(c2cccc([N+](=O)[O-])c2)S1)NCCN1CCCCC1. The molecule has 0 saturated carbocycles. The summed E-state index contributed by atoms with van der Waals surface area (Å²) in [5, 5.41) is 14.7. The van der Waals surface area contributed by atoms with E-state index in [0.29, 0.717) is 11.7 Å². The van der Waals surface area contributed by atoms with Gasteiger partial charge in [-0.25, -0.2) is 0 Å². The van der Waals surface area contributed by atoms with Crippen LogP contribution in [0.25, 0.3) is 0 Å². The van der Waals surface area contributed by atoms with E-state index in [9.17, 15) is 14.9 Å². The maximum Gasteiger partial charge on any atom is 0.269 e. The van der Waals surface area contributed by atoms with Crippen LogP contribution in [-0.4, -0.2) is 52.9 Å². The zero-order chi connectivity index (χ0) is 21.2. The fourth-order valence-electron chi connectivity index (χ4n) is 4.04. The Kier molecular flexibility index (Phi) is 9.81. The maximum absolute atomic E-state index is 12.1. The van der Waals surface area contributed by atoms with Crippen molar-refractivity contribution in [2.75, 3.05) is 31.9 Å². The molecule has 1 aromatic rings. The van der Waals surface area contributed by atoms with E-state index >= 15 is 0 Å². The van der Waals surface area contributed by atoms with Crippen LogP contribution in [0.2, 0.25) is 0 Å². The molecule has 6 nitrogen and oxygen atoms in total. The zero-order valence-corrected chi connectivity index (χ0v) is 19.2. The van der Waals surface area contributed by atoms with E-state index < -0.39 is 0 Å². The first-order valence-electron chi connectivity index (χ1n) is 11.1. The third-order valence-corrected chi connectivity index (χ3v) is 8.92. The van der Waals surface area contributed by atoms with Crippen LogP contribution in [0.4, 0.5) is 5.69 Å². The fourth-order valence-corrected chi connectivity index (χ4v) is 7.45. The van der Waals surface area contributed by atoms with E-state index in [1.54, 1.807) is 18.2 Å². The van der Waals surface area contributed by atoms with Crippen LogP contribution in [-0.2, 0) is 4.79 Å². The number of unbranched alkanes of at least 4 members (excludes halogenated alkanes) is 1. The second kappa shape index (κ2) is 12.6. The average Bonchev–Trinajstić information content (AvgIpc) is 2.78. The number of hydrogen-bond donors (Lipinski definition) is 1. The quantitative estimate of drug-likeness (QED) is 0.307. The van der Waals surface area contributed by atoms with Gasteiger partial charge in [-0.3, -0.25) is 14.9 Å². The van der Waals surface area contributed by atoms with Gasteiger partial charge in [-0.15, -0.1) is 23.5 Å². The molecule has 2 saturated heterocycles. The molecule has 2 fully saturated rings. The Labute approximate surface area is 188 Å². The molecule has 0 bridgehead atoms. The van der Waals surface area contributed by atoms with E-state index in [1.807, 2.05) is 29.6 Å². The van der Waals surface area contributed by atoms with Gasteiger partial charge < -0.3 is 10.2 Å². The molecule has 2 atom stereocenters. The standard InChI is InChI=1S/C22H33N3O3S2/c26-21(23-12-15-24-13-4-1-5-14-24)10-3-2-9-20-11-16-29-22(30-20)18-7-6-8-19(17-18)25(27)28/h6-8,17,20,22H,1-5,9-16H2,(H,23,26). The molecule has 166 valence electrons. The van der Waals surface area contributed by atoms with Crippen molar-refractivity contribution >= 4 is 35.1 Å². The lowest BCUT2D eigenvalue weighted by atomic mass is 10.1. The Morgan fingerprint density at radius 2 is 2.07 bits per heavy atom. The van der Waals surface area contributed by atoms with Crippen molar-refractivity contribution < 1.29 is 9.72 Å². The summed E-state index contributed by atoms with van der Waals surface area (Å²) in [6.45, 7) is 4.08. The monoisotopic (exact) mass is 451 g/mol. The Morgan fingerprint density at radius 1 is 1.23 bits per heavy atom. The number of non-ortho nitro benzene ring substituents is 1. The number of nitrogens with zero attached hydrogens (tertiary/aromatic N) is 2. The highest BCUT2D eigenvalue weighted by Crippen LogP contribution is 2.48. The number of nitro benzene ring substituents is 1. The minimum atomic E-state index is -0.323. The number of hydrogen-bond acceptors (Lipinski definition) is 6. The highest BCUT2D eigenvalue weighted by Gasteiger charge is 2.25. The van der Waals surface area contributed by atoms with Crippen LogP contribution in [0.15, 0.2) is 24.3 Å². The number of likely N-dealkylation sites (tertiary alicyclic amines) is 1. The highest BCUT2D eigenvalue weighted by molar-refractivity contribution is 8.17. The lowest BCUT2D eigenvalue weighted by molar-refractivity contribution is -0.384. The van der Waals surface area contributed by atoms with Crippen LogP contribution in [0.1, 0.15) is 61.5 Å². The zero-order valence-electron chi connectivity index (χ0n) is 17.6. The molecule has 2 aliphatic heterocycles. The van der Waals surface area contributed by atoms with Gasteiger partial charge in [0.15, 0.2) is 0 Å². The van der Waals surface area contributed by atoms with Crippen molar-refractivity contribution in [3.05, 3.63) is 39.9 Å². The number of nitrogens with one attached hydrogen (secondary N) is 1. The Hall–Kier alpha value is -1.25. The van der Waals surface area contributed by atoms with Crippen molar-refractivity contribution in [3.63, 3.8) is 0 Å². The van der Waals surface area contributed by atoms with Crippen molar-refractivity contribution in [1.29, 1.82) is 0 Å². The van der Waals surface area contributed by atoms with Crippen LogP contribution in [0.5, 0.6) is 0 Å². The van der Waals surface area contributed by atoms with Gasteiger partial charge in [0.25, 0.3) is 5.69 Å². The van der Waals surface area contributed by atoms with E-state index in [-0.39, 0.29) is 21.1 Å². The molecule has 30 heavy (non-hydrogen) atoms. The molecule has 2 aliphatic rings. The molecule has 0 aliphatic carbocycles. The maximum atomic E-state index is 12.1. The molecule has 8 heteroatoms. The summed E-state index contributed by atoms with van der Waals surface area (Å²) >= 11 is 3.81. The smallest absolute Gasteiger partial charge is 0.269 e. The van der Waals surface area contributed by atoms with Gasteiger partial charge >= 0.3 is 0 Å². The Bertz CT molecular complexity index is 698. The van der Waals surface area contributed by atoms with E-state index in [1.165, 1.54) is 38.8 Å². The van der Waals surface area contributed by atoms with Gasteiger partial charge in [-0.2, -0.15) is 0 Å². The Morgan fingerprint density at radius 3 is 2.87 bits per heavy atom. The second-order valence-electron chi connectivity index (χ2n) is 8.10. The molecule has 1 amide bonds. The molecule has 0 aromatic heterocycles. The first-order chi connectivity index (χ1) is 14.6. The molecule has 0 radical (unpaired) electrons. The number of carbonyl (C=O) groups excluding carboxylic acids is 1. The lowest BCUT2D eigenvalue weighted by Crippen LogP contribution is -2.37. The number of amides is 1. The molecule has 2 unspecified atom stereocenters. The minimum Gasteiger partial charge on any atom is -0.355 e. The van der Waals surface area contributed by atoms with E-state index in [0.717, 1.165) is 43.7 Å². The van der Waals surface area contributed by atoms with Gasteiger partial charge in [0.05, 0.1) is 9.51 Å². The van der Waals surface area contributed by atoms with Crippen molar-refractivity contribution in [2.24, 2.45) is 0 Å². The molecule has 3 rings (SSSR count). The normalized spacial score (nSPS) is 22.5. The molecule has 1 aromatic carbocycles. The molecule has 0 spiro atoms. The highest BCUT2D eigenvalue weighted by atomic mass is 32.2. The van der Waals surface area contributed by atoms with Crippen LogP contribution in [0.3, 0.4) is 0 Å². The average molecular weight is 452 g/mol. The van der Waals surface area contributed by atoms with Gasteiger partial charge in [0.2, 0.25) is 5.91 Å². The summed E-state index contributed by atoms with van der Waals surface area (Å²) in [4.78, 5) is 25.2.